The molecule has 1 aliphatic rings. The predicted molar refractivity (Wildman–Crippen MR) is 67.5 cm³/mol. The first kappa shape index (κ1) is 13.4. The number of rotatable bonds is 4. The summed E-state index contributed by atoms with van der Waals surface area (Å²) >= 11 is 0. The third kappa shape index (κ3) is 2.86. The average Bonchev–Trinajstić information content (AvgIpc) is 3.05. The maximum absolute atomic E-state index is 12.1. The molecular formula is C12H18N4O3. The number of carboxylic acids is 1. The first-order valence-corrected chi connectivity index (χ1v) is 6.42. The number of aromatic amines is 1. The Balaban J connectivity index is 2.02. The van der Waals surface area contributed by atoms with Crippen LogP contribution in [0.3, 0.4) is 0 Å². The Morgan fingerprint density at radius 1 is 1.68 bits per heavy atom. The van der Waals surface area contributed by atoms with Crippen LogP contribution < -0.4 is 5.32 Å². The van der Waals surface area contributed by atoms with E-state index in [4.69, 9.17) is 5.11 Å². The Bertz CT molecular complexity index is 446. The summed E-state index contributed by atoms with van der Waals surface area (Å²) in [6.45, 7) is 2.42. The maximum atomic E-state index is 12.1. The van der Waals surface area contributed by atoms with Crippen molar-refractivity contribution in [3.05, 3.63) is 18.2 Å². The van der Waals surface area contributed by atoms with Gasteiger partial charge in [-0.05, 0) is 19.3 Å². The monoisotopic (exact) mass is 266 g/mol. The Hall–Kier alpha value is -2.05. The van der Waals surface area contributed by atoms with Crippen LogP contribution in [0.4, 0.5) is 4.79 Å². The van der Waals surface area contributed by atoms with Gasteiger partial charge in [-0.2, -0.15) is 0 Å². The number of likely N-dealkylation sites (tertiary alicyclic amines) is 1. The van der Waals surface area contributed by atoms with Crippen LogP contribution in [-0.4, -0.2) is 44.6 Å². The van der Waals surface area contributed by atoms with Crippen LogP contribution in [0.25, 0.3) is 0 Å². The van der Waals surface area contributed by atoms with Gasteiger partial charge in [-0.15, -0.1) is 0 Å². The van der Waals surface area contributed by atoms with Gasteiger partial charge < -0.3 is 20.3 Å². The quantitative estimate of drug-likeness (QED) is 0.760. The van der Waals surface area contributed by atoms with E-state index in [1.807, 2.05) is 6.92 Å². The molecule has 0 aliphatic carbocycles. The van der Waals surface area contributed by atoms with Crippen LogP contribution in [0.15, 0.2) is 12.4 Å². The highest BCUT2D eigenvalue weighted by Gasteiger charge is 2.34. The molecule has 1 aromatic heterocycles. The normalized spacial score (nSPS) is 20.3. The van der Waals surface area contributed by atoms with Crippen molar-refractivity contribution in [2.75, 3.05) is 6.54 Å². The molecule has 0 bridgehead atoms. The van der Waals surface area contributed by atoms with Crippen molar-refractivity contribution in [3.8, 4) is 0 Å². The fourth-order valence-electron chi connectivity index (χ4n) is 2.33. The zero-order valence-electron chi connectivity index (χ0n) is 10.8. The molecule has 1 unspecified atom stereocenters. The van der Waals surface area contributed by atoms with Gasteiger partial charge in [0, 0.05) is 18.9 Å². The molecule has 3 N–H and O–H groups in total. The molecule has 1 fully saturated rings. The van der Waals surface area contributed by atoms with Gasteiger partial charge in [-0.1, -0.05) is 6.92 Å². The minimum Gasteiger partial charge on any atom is -0.480 e. The van der Waals surface area contributed by atoms with Crippen LogP contribution in [-0.2, 0) is 4.79 Å². The highest BCUT2D eigenvalue weighted by molar-refractivity contribution is 5.83. The first-order chi connectivity index (χ1) is 9.13. The zero-order valence-corrected chi connectivity index (χ0v) is 10.8. The number of amides is 2. The van der Waals surface area contributed by atoms with Gasteiger partial charge >= 0.3 is 12.0 Å². The van der Waals surface area contributed by atoms with Crippen LogP contribution in [0.1, 0.15) is 38.1 Å². The van der Waals surface area contributed by atoms with Crippen LogP contribution >= 0.6 is 0 Å². The molecule has 2 atom stereocenters. The Morgan fingerprint density at radius 2 is 2.47 bits per heavy atom. The van der Waals surface area contributed by atoms with Gasteiger partial charge in [0.05, 0.1) is 6.04 Å². The van der Waals surface area contributed by atoms with Gasteiger partial charge in [0.15, 0.2) is 0 Å². The molecule has 104 valence electrons. The molecule has 0 spiro atoms. The van der Waals surface area contributed by atoms with Crippen molar-refractivity contribution in [3.63, 3.8) is 0 Å². The van der Waals surface area contributed by atoms with Crippen molar-refractivity contribution < 1.29 is 14.7 Å². The van der Waals surface area contributed by atoms with E-state index in [1.165, 1.54) is 4.90 Å². The number of carbonyl (C=O) groups excluding carboxylic acids is 1. The summed E-state index contributed by atoms with van der Waals surface area (Å²) in [5.41, 5.74) is 0. The van der Waals surface area contributed by atoms with E-state index >= 15 is 0 Å². The molecule has 2 heterocycles. The second-order valence-corrected chi connectivity index (χ2v) is 4.57. The van der Waals surface area contributed by atoms with Gasteiger partial charge in [-0.3, -0.25) is 0 Å². The Labute approximate surface area is 111 Å². The maximum Gasteiger partial charge on any atom is 0.326 e. The van der Waals surface area contributed by atoms with E-state index in [9.17, 15) is 9.59 Å². The smallest absolute Gasteiger partial charge is 0.326 e. The molecule has 1 aromatic rings. The first-order valence-electron chi connectivity index (χ1n) is 6.42. The topological polar surface area (TPSA) is 98.3 Å². The number of nitrogens with zero attached hydrogens (tertiary/aromatic N) is 2. The molecule has 1 saturated heterocycles. The SMILES string of the molecule is CCC(NC(=O)N1CCC[C@H]1C(=O)O)c1ncc[nH]1. The average molecular weight is 266 g/mol. The number of aliphatic carboxylic acids is 1. The fourth-order valence-corrected chi connectivity index (χ4v) is 2.33. The second-order valence-electron chi connectivity index (χ2n) is 4.57. The van der Waals surface area contributed by atoms with Crippen molar-refractivity contribution in [2.24, 2.45) is 0 Å². The van der Waals surface area contributed by atoms with Gasteiger partial charge in [0.25, 0.3) is 0 Å². The highest BCUT2D eigenvalue weighted by atomic mass is 16.4. The van der Waals surface area contributed by atoms with Gasteiger partial charge in [0.2, 0.25) is 0 Å². The summed E-state index contributed by atoms with van der Waals surface area (Å²) in [5.74, 6) is -0.263. The third-order valence-corrected chi connectivity index (χ3v) is 3.35. The lowest BCUT2D eigenvalue weighted by molar-refractivity contribution is -0.141. The second kappa shape index (κ2) is 5.73. The number of H-pyrrole nitrogens is 1. The molecular weight excluding hydrogens is 248 g/mol. The molecule has 0 aromatic carbocycles. The lowest BCUT2D eigenvalue weighted by atomic mass is 10.2. The standard InChI is InChI=1S/C12H18N4O3/c1-2-8(10-13-5-6-14-10)15-12(19)16-7-3-4-9(16)11(17)18/h5-6,8-9H,2-4,7H2,1H3,(H,13,14)(H,15,19)(H,17,18)/t8?,9-/m0/s1. The number of urea groups is 1. The van der Waals surface area contributed by atoms with Crippen molar-refractivity contribution in [1.82, 2.24) is 20.2 Å². The summed E-state index contributed by atoms with van der Waals surface area (Å²) in [6.07, 6.45) is 5.24. The number of carboxylic acid groups (broad SMARTS) is 1. The van der Waals surface area contributed by atoms with E-state index in [0.29, 0.717) is 25.2 Å². The van der Waals surface area contributed by atoms with Gasteiger partial charge in [0.1, 0.15) is 11.9 Å². The van der Waals surface area contributed by atoms with Gasteiger partial charge in [-0.25, -0.2) is 14.6 Å². The lowest BCUT2D eigenvalue weighted by Crippen LogP contribution is -2.47. The summed E-state index contributed by atoms with van der Waals surface area (Å²) < 4.78 is 0. The minimum atomic E-state index is -0.946. The van der Waals surface area contributed by atoms with Crippen molar-refractivity contribution in [2.45, 2.75) is 38.3 Å². The number of carbonyl (C=O) groups is 2. The Morgan fingerprint density at radius 3 is 3.05 bits per heavy atom. The zero-order chi connectivity index (χ0) is 13.8. The summed E-state index contributed by atoms with van der Waals surface area (Å²) in [4.78, 5) is 31.7. The third-order valence-electron chi connectivity index (χ3n) is 3.35. The molecule has 19 heavy (non-hydrogen) atoms. The van der Waals surface area contributed by atoms with Crippen LogP contribution in [0, 0.1) is 0 Å². The minimum absolute atomic E-state index is 0.224. The summed E-state index contributed by atoms with van der Waals surface area (Å²) in [7, 11) is 0. The number of hydrogen-bond acceptors (Lipinski definition) is 3. The van der Waals surface area contributed by atoms with E-state index in [-0.39, 0.29) is 12.1 Å². The van der Waals surface area contributed by atoms with Crippen LogP contribution in [0.2, 0.25) is 0 Å². The summed E-state index contributed by atoms with van der Waals surface area (Å²) in [5, 5.41) is 11.9. The molecule has 0 radical (unpaired) electrons. The molecule has 2 rings (SSSR count). The Kier molecular flexibility index (Phi) is 4.03. The number of hydrogen-bond donors (Lipinski definition) is 3. The largest absolute Gasteiger partial charge is 0.480 e. The molecule has 7 nitrogen and oxygen atoms in total. The molecule has 7 heteroatoms. The van der Waals surface area contributed by atoms with Crippen molar-refractivity contribution >= 4 is 12.0 Å². The predicted octanol–water partition coefficient (Wildman–Crippen LogP) is 1.12. The van der Waals surface area contributed by atoms with E-state index < -0.39 is 12.0 Å². The van der Waals surface area contributed by atoms with E-state index in [2.05, 4.69) is 15.3 Å². The fraction of sp³-hybridized carbons (Fsp3) is 0.583. The molecule has 0 saturated carbocycles. The number of imidazole rings is 1. The lowest BCUT2D eigenvalue weighted by Gasteiger charge is -2.24. The highest BCUT2D eigenvalue weighted by Crippen LogP contribution is 2.19. The number of nitrogens with one attached hydrogen (secondary N) is 2. The number of aromatic nitrogens is 2. The molecule has 2 amide bonds. The van der Waals surface area contributed by atoms with E-state index in [0.717, 1.165) is 6.42 Å². The molecule has 1 aliphatic heterocycles. The van der Waals surface area contributed by atoms with Crippen LogP contribution in [0.5, 0.6) is 0 Å². The van der Waals surface area contributed by atoms with E-state index in [1.54, 1.807) is 12.4 Å². The van der Waals surface area contributed by atoms with Crippen molar-refractivity contribution in [1.29, 1.82) is 0 Å². The summed E-state index contributed by atoms with van der Waals surface area (Å²) in [6, 6.07) is -1.28.